The van der Waals surface area contributed by atoms with Gasteiger partial charge in [0.15, 0.2) is 0 Å². The first-order valence-corrected chi connectivity index (χ1v) is 6.28. The number of likely N-dealkylation sites (tertiary alicyclic amines) is 1. The second kappa shape index (κ2) is 6.33. The molecular weight excluding hydrogens is 264 g/mol. The van der Waals surface area contributed by atoms with E-state index in [2.05, 4.69) is 5.32 Å². The van der Waals surface area contributed by atoms with Crippen molar-refractivity contribution in [3.63, 3.8) is 0 Å². The van der Waals surface area contributed by atoms with Crippen LogP contribution in [0.4, 0.5) is 0 Å². The molecule has 1 N–H and O–H groups in total. The lowest BCUT2D eigenvalue weighted by atomic mass is 10.2. The summed E-state index contributed by atoms with van der Waals surface area (Å²) in [7, 11) is 1.51. The summed E-state index contributed by atoms with van der Waals surface area (Å²) in [6.07, 6.45) is 1.47. The topological polar surface area (TPSA) is 88.9 Å². The summed E-state index contributed by atoms with van der Waals surface area (Å²) in [5.74, 6) is -0.415. The number of amides is 3. The van der Waals surface area contributed by atoms with Gasteiger partial charge < -0.3 is 14.5 Å². The van der Waals surface area contributed by atoms with E-state index in [1.807, 2.05) is 0 Å². The van der Waals surface area contributed by atoms with Crippen LogP contribution in [0.3, 0.4) is 0 Å². The molecule has 0 spiro atoms. The zero-order valence-corrected chi connectivity index (χ0v) is 11.1. The Kier molecular flexibility index (Phi) is 4.52. The maximum Gasteiger partial charge on any atom is 0.240 e. The van der Waals surface area contributed by atoms with Crippen LogP contribution >= 0.6 is 0 Å². The number of carbonyl (C=O) groups excluding carboxylic acids is 3. The molecule has 2 heterocycles. The van der Waals surface area contributed by atoms with Gasteiger partial charge in [0.2, 0.25) is 17.7 Å². The number of furan rings is 1. The SMILES string of the molecule is CO[C@H](CNC(=O)CN1C(=O)CCC1=O)c1ccco1. The van der Waals surface area contributed by atoms with Crippen molar-refractivity contribution in [1.82, 2.24) is 10.2 Å². The zero-order valence-electron chi connectivity index (χ0n) is 11.1. The molecule has 3 amide bonds. The fraction of sp³-hybridized carbons (Fsp3) is 0.462. The maximum atomic E-state index is 11.7. The molecule has 1 atom stereocenters. The highest BCUT2D eigenvalue weighted by atomic mass is 16.5. The van der Waals surface area contributed by atoms with Crippen LogP contribution in [0, 0.1) is 0 Å². The van der Waals surface area contributed by atoms with Gasteiger partial charge in [-0.3, -0.25) is 19.3 Å². The quantitative estimate of drug-likeness (QED) is 0.754. The molecule has 0 aromatic carbocycles. The van der Waals surface area contributed by atoms with Gasteiger partial charge in [0, 0.05) is 20.0 Å². The van der Waals surface area contributed by atoms with E-state index < -0.39 is 12.0 Å². The highest BCUT2D eigenvalue weighted by Gasteiger charge is 2.30. The molecular formula is C13H16N2O5. The van der Waals surface area contributed by atoms with Crippen molar-refractivity contribution in [1.29, 1.82) is 0 Å². The third kappa shape index (κ3) is 3.24. The number of imide groups is 1. The van der Waals surface area contributed by atoms with Gasteiger partial charge >= 0.3 is 0 Å². The lowest BCUT2D eigenvalue weighted by molar-refractivity contribution is -0.142. The monoisotopic (exact) mass is 280 g/mol. The molecule has 1 aliphatic rings. The first-order chi connectivity index (χ1) is 9.61. The molecule has 1 aromatic heterocycles. The van der Waals surface area contributed by atoms with Gasteiger partial charge in [-0.15, -0.1) is 0 Å². The fourth-order valence-electron chi connectivity index (χ4n) is 1.98. The zero-order chi connectivity index (χ0) is 14.5. The minimum Gasteiger partial charge on any atom is -0.467 e. The van der Waals surface area contributed by atoms with Crippen LogP contribution in [0.25, 0.3) is 0 Å². The Morgan fingerprint density at radius 1 is 1.45 bits per heavy atom. The molecule has 0 aliphatic carbocycles. The Labute approximate surface area is 115 Å². The summed E-state index contributed by atoms with van der Waals surface area (Å²) in [5.41, 5.74) is 0. The largest absolute Gasteiger partial charge is 0.467 e. The van der Waals surface area contributed by atoms with Crippen molar-refractivity contribution < 1.29 is 23.5 Å². The van der Waals surface area contributed by atoms with Crippen LogP contribution < -0.4 is 5.32 Å². The highest BCUT2D eigenvalue weighted by molar-refractivity contribution is 6.04. The number of methoxy groups -OCH3 is 1. The van der Waals surface area contributed by atoms with Gasteiger partial charge in [0.05, 0.1) is 12.8 Å². The van der Waals surface area contributed by atoms with E-state index in [9.17, 15) is 14.4 Å². The van der Waals surface area contributed by atoms with Crippen molar-refractivity contribution in [2.24, 2.45) is 0 Å². The van der Waals surface area contributed by atoms with E-state index in [0.29, 0.717) is 5.76 Å². The Bertz CT molecular complexity index is 481. The van der Waals surface area contributed by atoms with Crippen molar-refractivity contribution in [2.75, 3.05) is 20.2 Å². The molecule has 7 nitrogen and oxygen atoms in total. The van der Waals surface area contributed by atoms with E-state index in [0.717, 1.165) is 4.90 Å². The molecule has 2 rings (SSSR count). The predicted molar refractivity (Wildman–Crippen MR) is 67.4 cm³/mol. The Hall–Kier alpha value is -2.15. The Balaban J connectivity index is 1.83. The molecule has 1 saturated heterocycles. The van der Waals surface area contributed by atoms with Gasteiger partial charge in [-0.25, -0.2) is 0 Å². The second-order valence-corrected chi connectivity index (χ2v) is 4.42. The summed E-state index contributed by atoms with van der Waals surface area (Å²) in [5, 5.41) is 2.62. The minimum absolute atomic E-state index is 0.180. The lowest BCUT2D eigenvalue weighted by Crippen LogP contribution is -2.41. The summed E-state index contributed by atoms with van der Waals surface area (Å²) in [4.78, 5) is 35.5. The van der Waals surface area contributed by atoms with Gasteiger partial charge in [0.1, 0.15) is 18.4 Å². The number of ether oxygens (including phenoxy) is 1. The standard InChI is InChI=1S/C13H16N2O5/c1-19-10(9-3-2-6-20-9)7-14-11(16)8-15-12(17)4-5-13(15)18/h2-3,6,10H,4-5,7-8H2,1H3,(H,14,16)/t10-/m1/s1. The fourth-order valence-corrected chi connectivity index (χ4v) is 1.98. The smallest absolute Gasteiger partial charge is 0.240 e. The minimum atomic E-state index is -0.404. The van der Waals surface area contributed by atoms with E-state index in [-0.39, 0.29) is 37.7 Å². The van der Waals surface area contributed by atoms with Gasteiger partial charge in [-0.2, -0.15) is 0 Å². The van der Waals surface area contributed by atoms with Gasteiger partial charge in [-0.05, 0) is 12.1 Å². The van der Waals surface area contributed by atoms with Gasteiger partial charge in [-0.1, -0.05) is 0 Å². The third-order valence-corrected chi connectivity index (χ3v) is 3.09. The molecule has 20 heavy (non-hydrogen) atoms. The molecule has 108 valence electrons. The summed E-state index contributed by atoms with van der Waals surface area (Å²) in [6, 6.07) is 3.47. The third-order valence-electron chi connectivity index (χ3n) is 3.09. The normalized spacial score (nSPS) is 16.6. The van der Waals surface area contributed by atoms with Crippen molar-refractivity contribution in [2.45, 2.75) is 18.9 Å². The molecule has 0 unspecified atom stereocenters. The first-order valence-electron chi connectivity index (χ1n) is 6.28. The van der Waals surface area contributed by atoms with Gasteiger partial charge in [0.25, 0.3) is 0 Å². The maximum absolute atomic E-state index is 11.7. The van der Waals surface area contributed by atoms with Crippen molar-refractivity contribution in [3.05, 3.63) is 24.2 Å². The number of carbonyl (C=O) groups is 3. The molecule has 0 saturated carbocycles. The van der Waals surface area contributed by atoms with Crippen molar-refractivity contribution in [3.8, 4) is 0 Å². The Morgan fingerprint density at radius 2 is 2.15 bits per heavy atom. The number of nitrogens with one attached hydrogen (secondary N) is 1. The Morgan fingerprint density at radius 3 is 2.70 bits per heavy atom. The number of rotatable bonds is 6. The van der Waals surface area contributed by atoms with Crippen molar-refractivity contribution >= 4 is 17.7 Å². The summed E-state index contributed by atoms with van der Waals surface area (Å²) >= 11 is 0. The van der Waals surface area contributed by atoms with E-state index in [4.69, 9.17) is 9.15 Å². The van der Waals surface area contributed by atoms with Crippen LogP contribution in [-0.2, 0) is 19.1 Å². The first kappa shape index (κ1) is 14.3. The summed E-state index contributed by atoms with van der Waals surface area (Å²) in [6.45, 7) is -0.0364. The molecule has 0 bridgehead atoms. The van der Waals surface area contributed by atoms with Crippen LogP contribution in [0.1, 0.15) is 24.7 Å². The average Bonchev–Trinajstić information content (AvgIpc) is 3.05. The number of hydrogen-bond acceptors (Lipinski definition) is 5. The van der Waals surface area contributed by atoms with E-state index in [1.165, 1.54) is 13.4 Å². The number of nitrogens with zero attached hydrogens (tertiary/aromatic N) is 1. The summed E-state index contributed by atoms with van der Waals surface area (Å²) < 4.78 is 10.4. The van der Waals surface area contributed by atoms with Crippen LogP contribution in [0.5, 0.6) is 0 Å². The molecule has 0 radical (unpaired) electrons. The van der Waals surface area contributed by atoms with E-state index >= 15 is 0 Å². The molecule has 1 aromatic rings. The predicted octanol–water partition coefficient (Wildman–Crippen LogP) is 0.232. The van der Waals surface area contributed by atoms with E-state index in [1.54, 1.807) is 12.1 Å². The van der Waals surface area contributed by atoms with Crippen LogP contribution in [0.2, 0.25) is 0 Å². The molecule has 7 heteroatoms. The second-order valence-electron chi connectivity index (χ2n) is 4.42. The average molecular weight is 280 g/mol. The highest BCUT2D eigenvalue weighted by Crippen LogP contribution is 2.16. The molecule has 1 fully saturated rings. The lowest BCUT2D eigenvalue weighted by Gasteiger charge is -2.16. The molecule has 1 aliphatic heterocycles. The van der Waals surface area contributed by atoms with Crippen LogP contribution in [-0.4, -0.2) is 42.8 Å². The number of hydrogen-bond donors (Lipinski definition) is 1. The van der Waals surface area contributed by atoms with Crippen LogP contribution in [0.15, 0.2) is 22.8 Å².